The summed E-state index contributed by atoms with van der Waals surface area (Å²) in [7, 11) is 0. The first kappa shape index (κ1) is 18.7. The number of hydrogen-bond donors (Lipinski definition) is 1. The largest absolute Gasteiger partial charge is 0.478 e. The molecule has 0 saturated heterocycles. The average Bonchev–Trinajstić information content (AvgIpc) is 2.46. The summed E-state index contributed by atoms with van der Waals surface area (Å²) in [6, 6.07) is 1.93. The highest BCUT2D eigenvalue weighted by atomic mass is 16.5. The Morgan fingerprint density at radius 2 is 1.82 bits per heavy atom. The fraction of sp³-hybridized carbons (Fsp3) is 0.778. The number of anilines is 1. The molecule has 0 amide bonds. The molecule has 0 bridgehead atoms. The third kappa shape index (κ3) is 8.20. The Morgan fingerprint density at radius 3 is 2.50 bits per heavy atom. The van der Waals surface area contributed by atoms with Gasteiger partial charge in [0.05, 0.1) is 6.61 Å². The summed E-state index contributed by atoms with van der Waals surface area (Å²) in [4.78, 5) is 9.15. The second kappa shape index (κ2) is 11.3. The predicted molar refractivity (Wildman–Crippen MR) is 93.6 cm³/mol. The average molecular weight is 307 g/mol. The molecule has 1 aromatic heterocycles. The molecule has 0 radical (unpaired) electrons. The van der Waals surface area contributed by atoms with E-state index in [-0.39, 0.29) is 0 Å². The van der Waals surface area contributed by atoms with E-state index in [1.807, 2.05) is 6.07 Å². The van der Waals surface area contributed by atoms with Crippen LogP contribution >= 0.6 is 0 Å². The van der Waals surface area contributed by atoms with Crippen molar-refractivity contribution in [1.82, 2.24) is 9.97 Å². The molecule has 22 heavy (non-hydrogen) atoms. The minimum Gasteiger partial charge on any atom is -0.478 e. The summed E-state index contributed by atoms with van der Waals surface area (Å²) in [6.45, 7) is 10.5. The Labute approximate surface area is 136 Å². The lowest BCUT2D eigenvalue weighted by molar-refractivity contribution is 0.296. The van der Waals surface area contributed by atoms with Gasteiger partial charge in [-0.05, 0) is 18.8 Å². The van der Waals surface area contributed by atoms with Crippen molar-refractivity contribution in [3.05, 3.63) is 11.9 Å². The molecule has 1 N–H and O–H groups in total. The summed E-state index contributed by atoms with van der Waals surface area (Å²) in [5.41, 5.74) is 0. The van der Waals surface area contributed by atoms with Crippen LogP contribution in [0.2, 0.25) is 0 Å². The zero-order valence-electron chi connectivity index (χ0n) is 14.8. The smallest absolute Gasteiger partial charge is 0.218 e. The fourth-order valence-electron chi connectivity index (χ4n) is 2.18. The molecule has 0 aromatic carbocycles. The van der Waals surface area contributed by atoms with Gasteiger partial charge in [0, 0.05) is 19.0 Å². The van der Waals surface area contributed by atoms with Gasteiger partial charge in [0.15, 0.2) is 0 Å². The molecule has 0 fully saturated rings. The van der Waals surface area contributed by atoms with E-state index < -0.39 is 0 Å². The molecule has 126 valence electrons. The SMILES string of the molecule is CCCCCCNc1cc(OCCCC)nc(CC(C)C)n1. The van der Waals surface area contributed by atoms with Gasteiger partial charge in [-0.2, -0.15) is 4.98 Å². The van der Waals surface area contributed by atoms with Crippen LogP contribution in [0.5, 0.6) is 5.88 Å². The van der Waals surface area contributed by atoms with Crippen molar-refractivity contribution >= 4 is 5.82 Å². The Balaban J connectivity index is 2.61. The van der Waals surface area contributed by atoms with Crippen LogP contribution in [0.15, 0.2) is 6.07 Å². The van der Waals surface area contributed by atoms with E-state index in [9.17, 15) is 0 Å². The molecule has 1 aromatic rings. The van der Waals surface area contributed by atoms with Crippen LogP contribution in [0.1, 0.15) is 72.0 Å². The van der Waals surface area contributed by atoms with Crippen molar-refractivity contribution in [3.8, 4) is 5.88 Å². The molecule has 0 unspecified atom stereocenters. The predicted octanol–water partition coefficient (Wildman–Crippen LogP) is 4.85. The minimum atomic E-state index is 0.545. The Hall–Kier alpha value is -1.32. The number of rotatable bonds is 12. The molecule has 0 aliphatic carbocycles. The molecule has 0 aliphatic heterocycles. The van der Waals surface area contributed by atoms with E-state index in [0.717, 1.165) is 44.1 Å². The zero-order valence-corrected chi connectivity index (χ0v) is 14.8. The third-order valence-corrected chi connectivity index (χ3v) is 3.42. The van der Waals surface area contributed by atoms with Gasteiger partial charge in [0.25, 0.3) is 0 Å². The number of hydrogen-bond acceptors (Lipinski definition) is 4. The van der Waals surface area contributed by atoms with E-state index in [1.165, 1.54) is 25.7 Å². The van der Waals surface area contributed by atoms with Crippen molar-refractivity contribution in [1.29, 1.82) is 0 Å². The van der Waals surface area contributed by atoms with E-state index in [1.54, 1.807) is 0 Å². The number of nitrogens with zero attached hydrogens (tertiary/aromatic N) is 2. The number of aromatic nitrogens is 2. The summed E-state index contributed by atoms with van der Waals surface area (Å²) in [5.74, 6) is 3.02. The molecule has 1 rings (SSSR count). The topological polar surface area (TPSA) is 47.0 Å². The molecule has 0 spiro atoms. The van der Waals surface area contributed by atoms with Crippen LogP contribution in [0.25, 0.3) is 0 Å². The van der Waals surface area contributed by atoms with Gasteiger partial charge in [-0.1, -0.05) is 53.4 Å². The van der Waals surface area contributed by atoms with Gasteiger partial charge in [-0.15, -0.1) is 0 Å². The zero-order chi connectivity index (χ0) is 16.2. The molecule has 0 atom stereocenters. The maximum absolute atomic E-state index is 5.76. The van der Waals surface area contributed by atoms with Gasteiger partial charge >= 0.3 is 0 Å². The monoisotopic (exact) mass is 307 g/mol. The highest BCUT2D eigenvalue weighted by Crippen LogP contribution is 2.16. The Bertz CT molecular complexity index is 407. The lowest BCUT2D eigenvalue weighted by Gasteiger charge is -2.12. The van der Waals surface area contributed by atoms with E-state index in [0.29, 0.717) is 11.8 Å². The summed E-state index contributed by atoms with van der Waals surface area (Å²) < 4.78 is 5.76. The van der Waals surface area contributed by atoms with Gasteiger partial charge in [0.1, 0.15) is 11.6 Å². The maximum Gasteiger partial charge on any atom is 0.218 e. The normalized spacial score (nSPS) is 11.0. The van der Waals surface area contributed by atoms with E-state index in [2.05, 4.69) is 43.0 Å². The van der Waals surface area contributed by atoms with Crippen LogP contribution in [0, 0.1) is 5.92 Å². The van der Waals surface area contributed by atoms with Crippen molar-refractivity contribution in [3.63, 3.8) is 0 Å². The first-order valence-electron chi connectivity index (χ1n) is 8.90. The van der Waals surface area contributed by atoms with Crippen LogP contribution in [0.4, 0.5) is 5.82 Å². The Kier molecular flexibility index (Phi) is 9.60. The molecular formula is C18H33N3O. The van der Waals surface area contributed by atoms with Crippen LogP contribution in [-0.4, -0.2) is 23.1 Å². The Morgan fingerprint density at radius 1 is 1.05 bits per heavy atom. The van der Waals surface area contributed by atoms with Crippen molar-refractivity contribution < 1.29 is 4.74 Å². The summed E-state index contributed by atoms with van der Waals surface area (Å²) >= 11 is 0. The quantitative estimate of drug-likeness (QED) is 0.561. The first-order valence-corrected chi connectivity index (χ1v) is 8.90. The minimum absolute atomic E-state index is 0.545. The second-order valence-corrected chi connectivity index (χ2v) is 6.30. The number of unbranched alkanes of at least 4 members (excludes halogenated alkanes) is 4. The third-order valence-electron chi connectivity index (χ3n) is 3.42. The second-order valence-electron chi connectivity index (χ2n) is 6.30. The highest BCUT2D eigenvalue weighted by molar-refractivity contribution is 5.38. The summed E-state index contributed by atoms with van der Waals surface area (Å²) in [5, 5.41) is 3.42. The van der Waals surface area contributed by atoms with E-state index in [4.69, 9.17) is 4.74 Å². The number of nitrogens with one attached hydrogen (secondary N) is 1. The van der Waals surface area contributed by atoms with Gasteiger partial charge in [0.2, 0.25) is 5.88 Å². The lowest BCUT2D eigenvalue weighted by Crippen LogP contribution is -2.09. The molecule has 0 aliphatic rings. The van der Waals surface area contributed by atoms with Crippen molar-refractivity contribution in [2.75, 3.05) is 18.5 Å². The highest BCUT2D eigenvalue weighted by Gasteiger charge is 2.07. The maximum atomic E-state index is 5.76. The van der Waals surface area contributed by atoms with Gasteiger partial charge in [-0.25, -0.2) is 4.98 Å². The van der Waals surface area contributed by atoms with Crippen molar-refractivity contribution in [2.24, 2.45) is 5.92 Å². The molecule has 0 saturated carbocycles. The lowest BCUT2D eigenvalue weighted by atomic mass is 10.1. The van der Waals surface area contributed by atoms with Gasteiger partial charge < -0.3 is 10.1 Å². The summed E-state index contributed by atoms with van der Waals surface area (Å²) in [6.07, 6.45) is 8.10. The standard InChI is InChI=1S/C18H33N3O/c1-5-7-9-10-11-19-16-14-18(22-12-8-6-2)21-17(20-16)13-15(3)4/h14-15H,5-13H2,1-4H3,(H,19,20,21). The van der Waals surface area contributed by atoms with Crippen LogP contribution in [-0.2, 0) is 6.42 Å². The first-order chi connectivity index (χ1) is 10.7. The molecule has 1 heterocycles. The van der Waals surface area contributed by atoms with Crippen molar-refractivity contribution in [2.45, 2.75) is 72.6 Å². The van der Waals surface area contributed by atoms with Gasteiger partial charge in [-0.3, -0.25) is 0 Å². The molecular weight excluding hydrogens is 274 g/mol. The van der Waals surface area contributed by atoms with Crippen LogP contribution < -0.4 is 10.1 Å². The fourth-order valence-corrected chi connectivity index (χ4v) is 2.18. The molecule has 4 heteroatoms. The molecule has 4 nitrogen and oxygen atoms in total. The van der Waals surface area contributed by atoms with E-state index >= 15 is 0 Å². The van der Waals surface area contributed by atoms with Crippen LogP contribution in [0.3, 0.4) is 0 Å². The number of ether oxygens (including phenoxy) is 1.